The molecule has 0 amide bonds. The summed E-state index contributed by atoms with van der Waals surface area (Å²) < 4.78 is 1.07. The monoisotopic (exact) mass is 333 g/mol. The third kappa shape index (κ3) is 3.13. The fourth-order valence-electron chi connectivity index (χ4n) is 2.97. The molecule has 106 valence electrons. The number of pyridine rings is 1. The summed E-state index contributed by atoms with van der Waals surface area (Å²) in [6, 6.07) is 8.34. The topological polar surface area (TPSA) is 28.2 Å². The minimum atomic E-state index is 0.743. The number of piperidine rings is 1. The summed E-state index contributed by atoms with van der Waals surface area (Å²) in [5.41, 5.74) is 2.22. The summed E-state index contributed by atoms with van der Waals surface area (Å²) in [5, 5.41) is 4.81. The predicted octanol–water partition coefficient (Wildman–Crippen LogP) is 3.75. The molecule has 2 heterocycles. The summed E-state index contributed by atoms with van der Waals surface area (Å²) in [7, 11) is 2.21. The maximum absolute atomic E-state index is 4.43. The first-order valence-corrected chi connectivity index (χ1v) is 7.98. The Balaban J connectivity index is 1.74. The molecule has 1 aromatic carbocycles. The third-order valence-electron chi connectivity index (χ3n) is 4.01. The standard InChI is InChI=1S/C16H20BrN3/c1-20-8-2-3-12(11-20)10-19-15-6-7-18-16-9-13(17)4-5-14(15)16/h4-7,9,12H,2-3,8,10-11H2,1H3,(H,18,19). The highest BCUT2D eigenvalue weighted by atomic mass is 79.9. The van der Waals surface area contributed by atoms with Crippen molar-refractivity contribution in [2.24, 2.45) is 5.92 Å². The van der Waals surface area contributed by atoms with Gasteiger partial charge in [-0.05, 0) is 56.6 Å². The van der Waals surface area contributed by atoms with Crippen molar-refractivity contribution in [3.05, 3.63) is 34.9 Å². The number of likely N-dealkylation sites (tertiary alicyclic amines) is 1. The molecule has 1 N–H and O–H groups in total. The van der Waals surface area contributed by atoms with Crippen molar-refractivity contribution in [3.8, 4) is 0 Å². The second kappa shape index (κ2) is 6.10. The van der Waals surface area contributed by atoms with E-state index < -0.39 is 0 Å². The van der Waals surface area contributed by atoms with Crippen LogP contribution in [0, 0.1) is 5.92 Å². The van der Waals surface area contributed by atoms with Gasteiger partial charge in [0, 0.05) is 34.8 Å². The summed E-state index contributed by atoms with van der Waals surface area (Å²) in [4.78, 5) is 6.86. The molecule has 1 aromatic heterocycles. The van der Waals surface area contributed by atoms with Crippen molar-refractivity contribution in [1.82, 2.24) is 9.88 Å². The average Bonchev–Trinajstić information content (AvgIpc) is 2.44. The molecular weight excluding hydrogens is 314 g/mol. The van der Waals surface area contributed by atoms with E-state index in [1.54, 1.807) is 0 Å². The van der Waals surface area contributed by atoms with Crippen LogP contribution in [0.5, 0.6) is 0 Å². The number of rotatable bonds is 3. The average molecular weight is 334 g/mol. The van der Waals surface area contributed by atoms with Gasteiger partial charge in [0.05, 0.1) is 5.52 Å². The van der Waals surface area contributed by atoms with Crippen molar-refractivity contribution in [2.45, 2.75) is 12.8 Å². The maximum atomic E-state index is 4.43. The van der Waals surface area contributed by atoms with Gasteiger partial charge in [-0.25, -0.2) is 0 Å². The van der Waals surface area contributed by atoms with E-state index in [0.717, 1.165) is 22.5 Å². The van der Waals surface area contributed by atoms with Crippen molar-refractivity contribution in [1.29, 1.82) is 0 Å². The Morgan fingerprint density at radius 1 is 1.40 bits per heavy atom. The van der Waals surface area contributed by atoms with Crippen LogP contribution >= 0.6 is 15.9 Å². The Morgan fingerprint density at radius 2 is 2.30 bits per heavy atom. The quantitative estimate of drug-likeness (QED) is 0.927. The number of fused-ring (bicyclic) bond motifs is 1. The lowest BCUT2D eigenvalue weighted by molar-refractivity contribution is 0.217. The number of hydrogen-bond acceptors (Lipinski definition) is 3. The van der Waals surface area contributed by atoms with Crippen LogP contribution in [0.3, 0.4) is 0 Å². The third-order valence-corrected chi connectivity index (χ3v) is 4.50. The van der Waals surface area contributed by atoms with Gasteiger partial charge in [0.1, 0.15) is 0 Å². The molecule has 0 spiro atoms. The van der Waals surface area contributed by atoms with E-state index in [-0.39, 0.29) is 0 Å². The fourth-order valence-corrected chi connectivity index (χ4v) is 3.32. The van der Waals surface area contributed by atoms with Crippen molar-refractivity contribution < 1.29 is 0 Å². The lowest BCUT2D eigenvalue weighted by Gasteiger charge is -2.30. The van der Waals surface area contributed by atoms with E-state index in [1.165, 1.54) is 37.0 Å². The Bertz CT molecular complexity index is 599. The van der Waals surface area contributed by atoms with E-state index in [4.69, 9.17) is 0 Å². The summed E-state index contributed by atoms with van der Waals surface area (Å²) in [6.45, 7) is 3.48. The minimum absolute atomic E-state index is 0.743. The van der Waals surface area contributed by atoms with Crippen LogP contribution in [0.15, 0.2) is 34.9 Å². The second-order valence-electron chi connectivity index (χ2n) is 5.67. The zero-order valence-electron chi connectivity index (χ0n) is 11.8. The smallest absolute Gasteiger partial charge is 0.0733 e. The summed E-state index contributed by atoms with van der Waals surface area (Å²) in [6.07, 6.45) is 4.52. The first-order chi connectivity index (χ1) is 9.72. The van der Waals surface area contributed by atoms with E-state index in [2.05, 4.69) is 62.4 Å². The van der Waals surface area contributed by atoms with Gasteiger partial charge in [0.25, 0.3) is 0 Å². The highest BCUT2D eigenvalue weighted by molar-refractivity contribution is 9.10. The fraction of sp³-hybridized carbons (Fsp3) is 0.438. The Morgan fingerprint density at radius 3 is 3.15 bits per heavy atom. The number of benzene rings is 1. The molecule has 3 nitrogen and oxygen atoms in total. The van der Waals surface area contributed by atoms with Crippen molar-refractivity contribution >= 4 is 32.5 Å². The predicted molar refractivity (Wildman–Crippen MR) is 88.2 cm³/mol. The molecule has 3 rings (SSSR count). The van der Waals surface area contributed by atoms with E-state index in [1.807, 2.05) is 6.20 Å². The van der Waals surface area contributed by atoms with Gasteiger partial charge in [-0.3, -0.25) is 4.98 Å². The highest BCUT2D eigenvalue weighted by Gasteiger charge is 2.17. The summed E-state index contributed by atoms with van der Waals surface area (Å²) >= 11 is 3.50. The molecule has 0 bridgehead atoms. The van der Waals surface area contributed by atoms with Crippen LogP contribution in [0.4, 0.5) is 5.69 Å². The number of hydrogen-bond donors (Lipinski definition) is 1. The lowest BCUT2D eigenvalue weighted by atomic mass is 9.98. The van der Waals surface area contributed by atoms with Crippen LogP contribution < -0.4 is 5.32 Å². The first-order valence-electron chi connectivity index (χ1n) is 7.19. The molecule has 1 saturated heterocycles. The molecule has 0 saturated carbocycles. The highest BCUT2D eigenvalue weighted by Crippen LogP contribution is 2.25. The maximum Gasteiger partial charge on any atom is 0.0733 e. The molecule has 20 heavy (non-hydrogen) atoms. The molecule has 0 radical (unpaired) electrons. The van der Waals surface area contributed by atoms with Crippen LogP contribution in [-0.2, 0) is 0 Å². The molecule has 1 aliphatic rings. The van der Waals surface area contributed by atoms with E-state index in [9.17, 15) is 0 Å². The van der Waals surface area contributed by atoms with Gasteiger partial charge in [-0.15, -0.1) is 0 Å². The minimum Gasteiger partial charge on any atom is -0.384 e. The molecule has 4 heteroatoms. The molecule has 1 unspecified atom stereocenters. The van der Waals surface area contributed by atoms with Crippen LogP contribution in [0.2, 0.25) is 0 Å². The van der Waals surface area contributed by atoms with Gasteiger partial charge in [-0.2, -0.15) is 0 Å². The Labute approximate surface area is 128 Å². The van der Waals surface area contributed by atoms with Crippen LogP contribution in [0.1, 0.15) is 12.8 Å². The van der Waals surface area contributed by atoms with Gasteiger partial charge in [-0.1, -0.05) is 15.9 Å². The van der Waals surface area contributed by atoms with E-state index >= 15 is 0 Å². The molecule has 1 atom stereocenters. The lowest BCUT2D eigenvalue weighted by Crippen LogP contribution is -2.35. The van der Waals surface area contributed by atoms with E-state index in [0.29, 0.717) is 0 Å². The normalized spacial score (nSPS) is 20.2. The number of nitrogens with one attached hydrogen (secondary N) is 1. The number of nitrogens with zero attached hydrogens (tertiary/aromatic N) is 2. The molecular formula is C16H20BrN3. The number of halogens is 1. The zero-order chi connectivity index (χ0) is 13.9. The van der Waals surface area contributed by atoms with Gasteiger partial charge in [0.2, 0.25) is 0 Å². The Kier molecular flexibility index (Phi) is 4.22. The molecule has 2 aromatic rings. The largest absolute Gasteiger partial charge is 0.384 e. The first kappa shape index (κ1) is 13.8. The second-order valence-corrected chi connectivity index (χ2v) is 6.59. The number of aromatic nitrogens is 1. The SMILES string of the molecule is CN1CCCC(CNc2ccnc3cc(Br)ccc23)C1. The van der Waals surface area contributed by atoms with Crippen molar-refractivity contribution in [2.75, 3.05) is 32.0 Å². The van der Waals surface area contributed by atoms with Gasteiger partial charge >= 0.3 is 0 Å². The van der Waals surface area contributed by atoms with Gasteiger partial charge < -0.3 is 10.2 Å². The van der Waals surface area contributed by atoms with Gasteiger partial charge in [0.15, 0.2) is 0 Å². The van der Waals surface area contributed by atoms with Crippen LogP contribution in [0.25, 0.3) is 10.9 Å². The number of anilines is 1. The van der Waals surface area contributed by atoms with Crippen molar-refractivity contribution in [3.63, 3.8) is 0 Å². The molecule has 1 fully saturated rings. The molecule has 0 aliphatic carbocycles. The Hall–Kier alpha value is -1.13. The molecule has 1 aliphatic heterocycles. The zero-order valence-corrected chi connectivity index (χ0v) is 13.4. The summed E-state index contributed by atoms with van der Waals surface area (Å²) in [5.74, 6) is 0.743. The van der Waals surface area contributed by atoms with Crippen LogP contribution in [-0.4, -0.2) is 36.6 Å².